The van der Waals surface area contributed by atoms with Crippen molar-refractivity contribution in [2.24, 2.45) is 0 Å². The highest BCUT2D eigenvalue weighted by Gasteiger charge is 2.19. The van der Waals surface area contributed by atoms with Crippen LogP contribution in [0.15, 0.2) is 24.3 Å². The molecule has 0 heterocycles. The Balaban J connectivity index is 2.39. The van der Waals surface area contributed by atoms with Crippen LogP contribution in [-0.2, 0) is 6.42 Å². The standard InChI is InChI=1S/C9H10IN/c10-11-9-6-5-7-3-1-2-4-8(7)9/h1-4,9,11H,5-6H2. The molecule has 1 nitrogen and oxygen atoms in total. The summed E-state index contributed by atoms with van der Waals surface area (Å²) in [7, 11) is 0. The summed E-state index contributed by atoms with van der Waals surface area (Å²) in [5, 5.41) is 0. The third kappa shape index (κ3) is 1.29. The van der Waals surface area contributed by atoms with E-state index in [9.17, 15) is 0 Å². The molecule has 0 aliphatic heterocycles. The Labute approximate surface area is 80.7 Å². The minimum absolute atomic E-state index is 0.590. The van der Waals surface area contributed by atoms with Crippen LogP contribution in [0.2, 0.25) is 0 Å². The zero-order valence-corrected chi connectivity index (χ0v) is 8.34. The van der Waals surface area contributed by atoms with E-state index in [2.05, 4.69) is 50.7 Å². The van der Waals surface area contributed by atoms with E-state index in [0.29, 0.717) is 6.04 Å². The number of fused-ring (bicyclic) bond motifs is 1. The lowest BCUT2D eigenvalue weighted by Gasteiger charge is -2.06. The van der Waals surface area contributed by atoms with E-state index in [0.717, 1.165) is 0 Å². The number of aryl methyl sites for hydroxylation is 1. The molecule has 0 fully saturated rings. The second-order valence-corrected chi connectivity index (χ2v) is 3.52. The highest BCUT2D eigenvalue weighted by atomic mass is 127. The van der Waals surface area contributed by atoms with Crippen LogP contribution in [0, 0.1) is 0 Å². The first-order chi connectivity index (χ1) is 5.42. The fourth-order valence-electron chi connectivity index (χ4n) is 1.67. The summed E-state index contributed by atoms with van der Waals surface area (Å²) in [5.74, 6) is 0. The fraction of sp³-hybridized carbons (Fsp3) is 0.333. The van der Waals surface area contributed by atoms with Gasteiger partial charge in [0, 0.05) is 28.9 Å². The Bertz CT molecular complexity index is 259. The Morgan fingerprint density at radius 2 is 2.18 bits per heavy atom. The molecule has 1 unspecified atom stereocenters. The molecular weight excluding hydrogens is 249 g/mol. The van der Waals surface area contributed by atoms with E-state index in [1.807, 2.05) is 0 Å². The quantitative estimate of drug-likeness (QED) is 0.603. The van der Waals surface area contributed by atoms with Crippen molar-refractivity contribution in [1.29, 1.82) is 0 Å². The molecule has 1 aromatic carbocycles. The maximum Gasteiger partial charge on any atom is 0.0418 e. The van der Waals surface area contributed by atoms with Crippen LogP contribution in [0.3, 0.4) is 0 Å². The fourth-order valence-corrected chi connectivity index (χ4v) is 2.32. The largest absolute Gasteiger partial charge is 0.254 e. The summed E-state index contributed by atoms with van der Waals surface area (Å²) in [6.45, 7) is 0. The van der Waals surface area contributed by atoms with E-state index in [-0.39, 0.29) is 0 Å². The molecule has 0 amide bonds. The molecule has 0 saturated heterocycles. The van der Waals surface area contributed by atoms with Crippen LogP contribution in [0.25, 0.3) is 0 Å². The molecular formula is C9H10IN. The van der Waals surface area contributed by atoms with Crippen molar-refractivity contribution in [3.8, 4) is 0 Å². The Hall–Kier alpha value is -0.0900. The van der Waals surface area contributed by atoms with Crippen molar-refractivity contribution in [2.75, 3.05) is 0 Å². The third-order valence-corrected chi connectivity index (χ3v) is 3.02. The van der Waals surface area contributed by atoms with Crippen LogP contribution in [0.5, 0.6) is 0 Å². The molecule has 1 N–H and O–H groups in total. The molecule has 1 atom stereocenters. The van der Waals surface area contributed by atoms with Crippen LogP contribution < -0.4 is 3.53 Å². The van der Waals surface area contributed by atoms with Gasteiger partial charge in [0.2, 0.25) is 0 Å². The summed E-state index contributed by atoms with van der Waals surface area (Å²) in [6, 6.07) is 9.27. The smallest absolute Gasteiger partial charge is 0.0418 e. The SMILES string of the molecule is INC1CCc2ccccc21. The highest BCUT2D eigenvalue weighted by Crippen LogP contribution is 2.30. The van der Waals surface area contributed by atoms with Gasteiger partial charge in [-0.1, -0.05) is 24.3 Å². The Morgan fingerprint density at radius 3 is 3.00 bits per heavy atom. The van der Waals surface area contributed by atoms with Gasteiger partial charge < -0.3 is 0 Å². The van der Waals surface area contributed by atoms with Crippen molar-refractivity contribution < 1.29 is 0 Å². The van der Waals surface area contributed by atoms with Crippen LogP contribution in [-0.4, -0.2) is 0 Å². The van der Waals surface area contributed by atoms with Gasteiger partial charge >= 0.3 is 0 Å². The van der Waals surface area contributed by atoms with Crippen LogP contribution in [0.4, 0.5) is 0 Å². The van der Waals surface area contributed by atoms with E-state index in [1.165, 1.54) is 24.0 Å². The second-order valence-electron chi connectivity index (χ2n) is 2.90. The summed E-state index contributed by atoms with van der Waals surface area (Å²) < 4.78 is 3.29. The predicted molar refractivity (Wildman–Crippen MR) is 54.7 cm³/mol. The predicted octanol–water partition coefficient (Wildman–Crippen LogP) is 2.61. The molecule has 0 saturated carbocycles. The van der Waals surface area contributed by atoms with E-state index in [1.54, 1.807) is 0 Å². The van der Waals surface area contributed by atoms with Gasteiger partial charge in [0.15, 0.2) is 0 Å². The average Bonchev–Trinajstić information content (AvgIpc) is 2.47. The van der Waals surface area contributed by atoms with Gasteiger partial charge in [0.1, 0.15) is 0 Å². The Kier molecular flexibility index (Phi) is 2.13. The first kappa shape index (κ1) is 7.55. The van der Waals surface area contributed by atoms with Gasteiger partial charge in [-0.05, 0) is 24.0 Å². The zero-order valence-electron chi connectivity index (χ0n) is 6.18. The zero-order chi connectivity index (χ0) is 7.68. The molecule has 1 aliphatic rings. The monoisotopic (exact) mass is 259 g/mol. The lowest BCUT2D eigenvalue weighted by atomic mass is 10.1. The first-order valence-electron chi connectivity index (χ1n) is 3.86. The number of nitrogens with one attached hydrogen (secondary N) is 1. The lowest BCUT2D eigenvalue weighted by molar-refractivity contribution is 0.684. The number of halogens is 1. The van der Waals surface area contributed by atoms with Gasteiger partial charge in [0.05, 0.1) is 0 Å². The van der Waals surface area contributed by atoms with E-state index < -0.39 is 0 Å². The van der Waals surface area contributed by atoms with Crippen molar-refractivity contribution >= 4 is 22.9 Å². The molecule has 2 rings (SSSR count). The Morgan fingerprint density at radius 1 is 1.36 bits per heavy atom. The van der Waals surface area contributed by atoms with Crippen molar-refractivity contribution in [2.45, 2.75) is 18.9 Å². The first-order valence-corrected chi connectivity index (χ1v) is 4.93. The summed E-state index contributed by atoms with van der Waals surface area (Å²) in [6.07, 6.45) is 2.49. The third-order valence-electron chi connectivity index (χ3n) is 2.26. The number of hydrogen-bond acceptors (Lipinski definition) is 1. The van der Waals surface area contributed by atoms with Crippen LogP contribution >= 0.6 is 22.9 Å². The van der Waals surface area contributed by atoms with E-state index >= 15 is 0 Å². The minimum atomic E-state index is 0.590. The minimum Gasteiger partial charge on any atom is -0.254 e. The number of rotatable bonds is 1. The lowest BCUT2D eigenvalue weighted by Crippen LogP contribution is -2.05. The topological polar surface area (TPSA) is 12.0 Å². The number of hydrogen-bond donors (Lipinski definition) is 1. The molecule has 11 heavy (non-hydrogen) atoms. The molecule has 0 aromatic heterocycles. The van der Waals surface area contributed by atoms with Gasteiger partial charge in [-0.25, -0.2) is 0 Å². The van der Waals surface area contributed by atoms with Gasteiger partial charge in [-0.15, -0.1) is 0 Å². The van der Waals surface area contributed by atoms with Crippen molar-refractivity contribution in [1.82, 2.24) is 3.53 Å². The second kappa shape index (κ2) is 3.11. The molecule has 58 valence electrons. The molecule has 1 aromatic rings. The van der Waals surface area contributed by atoms with Crippen molar-refractivity contribution in [3.05, 3.63) is 35.4 Å². The summed E-state index contributed by atoms with van der Waals surface area (Å²) in [4.78, 5) is 0. The van der Waals surface area contributed by atoms with Gasteiger partial charge in [0.25, 0.3) is 0 Å². The molecule has 0 radical (unpaired) electrons. The van der Waals surface area contributed by atoms with Crippen LogP contribution in [0.1, 0.15) is 23.6 Å². The van der Waals surface area contributed by atoms with Crippen molar-refractivity contribution in [3.63, 3.8) is 0 Å². The van der Waals surface area contributed by atoms with Gasteiger partial charge in [-0.3, -0.25) is 3.53 Å². The normalized spacial score (nSPS) is 21.7. The molecule has 0 spiro atoms. The summed E-state index contributed by atoms with van der Waals surface area (Å²) in [5.41, 5.74) is 3.00. The summed E-state index contributed by atoms with van der Waals surface area (Å²) >= 11 is 2.24. The van der Waals surface area contributed by atoms with Gasteiger partial charge in [-0.2, -0.15) is 0 Å². The molecule has 2 heteroatoms. The molecule has 0 bridgehead atoms. The van der Waals surface area contributed by atoms with E-state index in [4.69, 9.17) is 0 Å². The average molecular weight is 259 g/mol. The highest BCUT2D eigenvalue weighted by molar-refractivity contribution is 14.1. The maximum absolute atomic E-state index is 3.29. The molecule has 1 aliphatic carbocycles. The maximum atomic E-state index is 3.29. The number of benzene rings is 1.